The first kappa shape index (κ1) is 8.37. The van der Waals surface area contributed by atoms with Crippen LogP contribution in [0.4, 0.5) is 8.78 Å². The van der Waals surface area contributed by atoms with Crippen LogP contribution in [0.25, 0.3) is 10.8 Å². The van der Waals surface area contributed by atoms with Gasteiger partial charge in [-0.3, -0.25) is 0 Å². The van der Waals surface area contributed by atoms with Crippen LogP contribution in [0.2, 0.25) is 0 Å². The summed E-state index contributed by atoms with van der Waals surface area (Å²) in [4.78, 5) is 3.73. The number of nitrogens with zero attached hydrogens (tertiary/aromatic N) is 1. The molecule has 0 aliphatic rings. The van der Waals surface area contributed by atoms with Crippen LogP contribution in [0.5, 0.6) is 0 Å². The number of furan rings is 1. The van der Waals surface area contributed by atoms with E-state index < -0.39 is 6.43 Å². The largest absolute Gasteiger partial charge is 0.462 e. The lowest BCUT2D eigenvalue weighted by atomic mass is 10.4. The van der Waals surface area contributed by atoms with Gasteiger partial charge in [0.05, 0.1) is 6.26 Å². The van der Waals surface area contributed by atoms with E-state index in [-0.39, 0.29) is 5.69 Å². The molecule has 2 aromatic rings. The van der Waals surface area contributed by atoms with E-state index in [0.717, 1.165) is 11.3 Å². The van der Waals surface area contributed by atoms with Gasteiger partial charge >= 0.3 is 0 Å². The highest BCUT2D eigenvalue weighted by Gasteiger charge is 2.13. The Balaban J connectivity index is 2.33. The minimum atomic E-state index is -2.51. The van der Waals surface area contributed by atoms with Crippen LogP contribution >= 0.6 is 11.3 Å². The molecule has 0 N–H and O–H groups in total. The Hall–Kier alpha value is -1.23. The summed E-state index contributed by atoms with van der Waals surface area (Å²) < 4.78 is 29.3. The second-order valence-electron chi connectivity index (χ2n) is 2.36. The summed E-state index contributed by atoms with van der Waals surface area (Å²) in [7, 11) is 0. The van der Waals surface area contributed by atoms with Crippen molar-refractivity contribution in [3.8, 4) is 10.8 Å². The maximum absolute atomic E-state index is 12.1. The van der Waals surface area contributed by atoms with Crippen molar-refractivity contribution < 1.29 is 13.2 Å². The fraction of sp³-hybridized carbons (Fsp3) is 0.125. The Bertz CT molecular complexity index is 383. The molecule has 0 aliphatic heterocycles. The lowest BCUT2D eigenvalue weighted by molar-refractivity contribution is 0.147. The topological polar surface area (TPSA) is 26.0 Å². The number of alkyl halides is 2. The van der Waals surface area contributed by atoms with Crippen molar-refractivity contribution >= 4 is 11.3 Å². The second-order valence-corrected chi connectivity index (χ2v) is 3.21. The van der Waals surface area contributed by atoms with E-state index in [0.29, 0.717) is 10.8 Å². The zero-order valence-electron chi connectivity index (χ0n) is 6.41. The molecule has 0 bridgehead atoms. The van der Waals surface area contributed by atoms with E-state index in [2.05, 4.69) is 4.98 Å². The zero-order chi connectivity index (χ0) is 9.26. The van der Waals surface area contributed by atoms with E-state index in [1.807, 2.05) is 0 Å². The van der Waals surface area contributed by atoms with Gasteiger partial charge < -0.3 is 4.42 Å². The molecule has 0 unspecified atom stereocenters. The summed E-state index contributed by atoms with van der Waals surface area (Å²) in [6.07, 6.45) is -1.03. The molecule has 0 aliphatic carbocycles. The molecule has 13 heavy (non-hydrogen) atoms. The Morgan fingerprint density at radius 3 is 2.85 bits per heavy atom. The maximum Gasteiger partial charge on any atom is 0.281 e. The number of thiazole rings is 1. The smallest absolute Gasteiger partial charge is 0.281 e. The van der Waals surface area contributed by atoms with Gasteiger partial charge in [-0.1, -0.05) is 0 Å². The van der Waals surface area contributed by atoms with Gasteiger partial charge in [-0.25, -0.2) is 13.8 Å². The Morgan fingerprint density at radius 2 is 2.31 bits per heavy atom. The molecule has 0 radical (unpaired) electrons. The lowest BCUT2D eigenvalue weighted by Gasteiger charge is -1.89. The Morgan fingerprint density at radius 1 is 1.46 bits per heavy atom. The van der Waals surface area contributed by atoms with Gasteiger partial charge in [0.15, 0.2) is 10.8 Å². The minimum Gasteiger partial charge on any atom is -0.462 e. The highest BCUT2D eigenvalue weighted by Crippen LogP contribution is 2.28. The molecule has 2 rings (SSSR count). The van der Waals surface area contributed by atoms with Gasteiger partial charge in [0, 0.05) is 5.38 Å². The number of aromatic nitrogens is 1. The maximum atomic E-state index is 12.1. The van der Waals surface area contributed by atoms with E-state index in [1.54, 1.807) is 12.1 Å². The standard InChI is InChI=1S/C8H5F2NOS/c9-7(10)5-4-13-8(11-5)6-2-1-3-12-6/h1-4,7H. The quantitative estimate of drug-likeness (QED) is 0.744. The SMILES string of the molecule is FC(F)c1csc(-c2ccco2)n1. The van der Waals surface area contributed by atoms with E-state index in [9.17, 15) is 8.78 Å². The lowest BCUT2D eigenvalue weighted by Crippen LogP contribution is -1.82. The van der Waals surface area contributed by atoms with Crippen LogP contribution in [0.3, 0.4) is 0 Å². The van der Waals surface area contributed by atoms with Crippen molar-refractivity contribution in [1.29, 1.82) is 0 Å². The van der Waals surface area contributed by atoms with Gasteiger partial charge in [0.1, 0.15) is 5.69 Å². The highest BCUT2D eigenvalue weighted by molar-refractivity contribution is 7.13. The highest BCUT2D eigenvalue weighted by atomic mass is 32.1. The van der Waals surface area contributed by atoms with Gasteiger partial charge in [-0.15, -0.1) is 11.3 Å². The van der Waals surface area contributed by atoms with Crippen molar-refractivity contribution in [3.05, 3.63) is 29.5 Å². The van der Waals surface area contributed by atoms with Gasteiger partial charge in [-0.05, 0) is 12.1 Å². The molecular formula is C8H5F2NOS. The fourth-order valence-corrected chi connectivity index (χ4v) is 1.68. The summed E-state index contributed by atoms with van der Waals surface area (Å²) in [5, 5.41) is 1.82. The molecular weight excluding hydrogens is 196 g/mol. The molecule has 0 aromatic carbocycles. The van der Waals surface area contributed by atoms with Crippen LogP contribution in [0.1, 0.15) is 12.1 Å². The Labute approximate surface area is 76.8 Å². The summed E-state index contributed by atoms with van der Waals surface area (Å²) in [6.45, 7) is 0. The summed E-state index contributed by atoms with van der Waals surface area (Å²) in [5.41, 5.74) is -0.198. The average molecular weight is 201 g/mol. The number of halogens is 2. The van der Waals surface area contributed by atoms with Crippen LogP contribution < -0.4 is 0 Å². The van der Waals surface area contributed by atoms with Gasteiger partial charge in [0.25, 0.3) is 6.43 Å². The molecule has 2 heterocycles. The molecule has 0 fully saturated rings. The minimum absolute atomic E-state index is 0.198. The molecule has 2 nitrogen and oxygen atoms in total. The van der Waals surface area contributed by atoms with Crippen LogP contribution in [0, 0.1) is 0 Å². The first-order chi connectivity index (χ1) is 6.27. The third-order valence-electron chi connectivity index (χ3n) is 1.48. The first-order valence-corrected chi connectivity index (χ1v) is 4.43. The van der Waals surface area contributed by atoms with Crippen molar-refractivity contribution in [2.24, 2.45) is 0 Å². The first-order valence-electron chi connectivity index (χ1n) is 3.55. The molecule has 68 valence electrons. The third kappa shape index (κ3) is 1.60. The fourth-order valence-electron chi connectivity index (χ4n) is 0.900. The van der Waals surface area contributed by atoms with Crippen LogP contribution in [-0.4, -0.2) is 4.98 Å². The van der Waals surface area contributed by atoms with Crippen molar-refractivity contribution in [1.82, 2.24) is 4.98 Å². The second kappa shape index (κ2) is 3.26. The molecule has 0 amide bonds. The Kier molecular flexibility index (Phi) is 2.10. The number of hydrogen-bond acceptors (Lipinski definition) is 3. The summed E-state index contributed by atoms with van der Waals surface area (Å²) >= 11 is 1.15. The molecule has 5 heteroatoms. The predicted molar refractivity (Wildman–Crippen MR) is 44.8 cm³/mol. The van der Waals surface area contributed by atoms with E-state index in [4.69, 9.17) is 4.42 Å². The monoisotopic (exact) mass is 201 g/mol. The summed E-state index contributed by atoms with van der Waals surface area (Å²) in [6, 6.07) is 3.38. The molecule has 0 saturated carbocycles. The average Bonchev–Trinajstić information content (AvgIpc) is 2.75. The molecule has 0 atom stereocenters. The van der Waals surface area contributed by atoms with Gasteiger partial charge in [-0.2, -0.15) is 0 Å². The normalized spacial score (nSPS) is 11.0. The summed E-state index contributed by atoms with van der Waals surface area (Å²) in [5.74, 6) is 0.525. The van der Waals surface area contributed by atoms with E-state index in [1.165, 1.54) is 11.6 Å². The zero-order valence-corrected chi connectivity index (χ0v) is 7.22. The van der Waals surface area contributed by atoms with Crippen molar-refractivity contribution in [2.75, 3.05) is 0 Å². The number of rotatable bonds is 2. The van der Waals surface area contributed by atoms with Crippen LogP contribution in [0.15, 0.2) is 28.2 Å². The van der Waals surface area contributed by atoms with Crippen molar-refractivity contribution in [3.63, 3.8) is 0 Å². The molecule has 0 saturated heterocycles. The number of hydrogen-bond donors (Lipinski definition) is 0. The molecule has 0 spiro atoms. The van der Waals surface area contributed by atoms with Gasteiger partial charge in [0.2, 0.25) is 0 Å². The van der Waals surface area contributed by atoms with Crippen LogP contribution in [-0.2, 0) is 0 Å². The van der Waals surface area contributed by atoms with Crippen molar-refractivity contribution in [2.45, 2.75) is 6.43 Å². The predicted octanol–water partition coefficient (Wildman–Crippen LogP) is 3.34. The third-order valence-corrected chi connectivity index (χ3v) is 2.35. The molecule has 2 aromatic heterocycles. The van der Waals surface area contributed by atoms with E-state index >= 15 is 0 Å².